The molecule has 2 rings (SSSR count). The van der Waals surface area contributed by atoms with Crippen LogP contribution >= 0.6 is 0 Å². The van der Waals surface area contributed by atoms with Crippen molar-refractivity contribution in [1.82, 2.24) is 0 Å². The summed E-state index contributed by atoms with van der Waals surface area (Å²) in [6.07, 6.45) is 4.65. The Morgan fingerprint density at radius 3 is 2.00 bits per heavy atom. The zero-order chi connectivity index (χ0) is 4.20. The second-order valence-corrected chi connectivity index (χ2v) is 2.97. The van der Waals surface area contributed by atoms with Crippen LogP contribution in [0.4, 0.5) is 0 Å². The molecule has 6 heavy (non-hydrogen) atoms. The third-order valence-electron chi connectivity index (χ3n) is 2.49. The summed E-state index contributed by atoms with van der Waals surface area (Å²) < 4.78 is 0. The molecule has 2 aliphatic carbocycles. The highest BCUT2D eigenvalue weighted by atomic mass is 14.6. The molecule has 1 spiro atoms. The van der Waals surface area contributed by atoms with Crippen LogP contribution in [0.15, 0.2) is 0 Å². The second-order valence-electron chi connectivity index (χ2n) is 2.97. The van der Waals surface area contributed by atoms with E-state index in [1.807, 2.05) is 0 Å². The van der Waals surface area contributed by atoms with Crippen LogP contribution in [0.5, 0.6) is 0 Å². The minimum absolute atomic E-state index is 0.958. The normalized spacial score (nSPS) is 46.3. The van der Waals surface area contributed by atoms with E-state index in [1.165, 1.54) is 0 Å². The molecule has 0 saturated heterocycles. The van der Waals surface area contributed by atoms with Crippen molar-refractivity contribution >= 4 is 7.85 Å². The van der Waals surface area contributed by atoms with E-state index in [9.17, 15) is 0 Å². The van der Waals surface area contributed by atoms with Gasteiger partial charge in [-0.3, -0.25) is 0 Å². The molecule has 0 bridgehead atoms. The molecule has 0 N–H and O–H groups in total. The summed E-state index contributed by atoms with van der Waals surface area (Å²) in [5.41, 5.74) is 0.958. The third-order valence-corrected chi connectivity index (χ3v) is 2.49. The van der Waals surface area contributed by atoms with Crippen LogP contribution in [0.1, 0.15) is 19.3 Å². The standard InChI is InChI=1S/C5H9B/c6-4-3-5(4)1-2-5/h4H,1-3,6H2. The van der Waals surface area contributed by atoms with E-state index in [-0.39, 0.29) is 0 Å². The summed E-state index contributed by atoms with van der Waals surface area (Å²) in [5, 5.41) is 0. The lowest BCUT2D eigenvalue weighted by molar-refractivity contribution is 0.897. The van der Waals surface area contributed by atoms with Crippen molar-refractivity contribution in [3.05, 3.63) is 0 Å². The summed E-state index contributed by atoms with van der Waals surface area (Å²) in [7, 11) is 2.37. The summed E-state index contributed by atoms with van der Waals surface area (Å²) in [5.74, 6) is 1.11. The van der Waals surface area contributed by atoms with Crippen LogP contribution in [0.3, 0.4) is 0 Å². The first-order chi connectivity index (χ1) is 2.83. The number of rotatable bonds is 0. The summed E-state index contributed by atoms with van der Waals surface area (Å²) >= 11 is 0. The van der Waals surface area contributed by atoms with E-state index in [4.69, 9.17) is 0 Å². The predicted molar refractivity (Wildman–Crippen MR) is 28.6 cm³/mol. The highest BCUT2D eigenvalue weighted by Gasteiger charge is 2.59. The van der Waals surface area contributed by atoms with Gasteiger partial charge in [-0.1, -0.05) is 12.2 Å². The van der Waals surface area contributed by atoms with Crippen LogP contribution in [-0.4, -0.2) is 7.85 Å². The molecule has 1 atom stereocenters. The molecule has 32 valence electrons. The van der Waals surface area contributed by atoms with Crippen LogP contribution in [0.2, 0.25) is 5.82 Å². The largest absolute Gasteiger partial charge is 0.106 e. The molecule has 0 aromatic heterocycles. The van der Waals surface area contributed by atoms with Crippen molar-refractivity contribution in [3.63, 3.8) is 0 Å². The smallest absolute Gasteiger partial charge is 0.0637 e. The fraction of sp³-hybridized carbons (Fsp3) is 1.00. The van der Waals surface area contributed by atoms with E-state index >= 15 is 0 Å². The Kier molecular flexibility index (Phi) is 0.299. The molecule has 0 nitrogen and oxygen atoms in total. The first-order valence-corrected chi connectivity index (χ1v) is 2.83. The Morgan fingerprint density at radius 2 is 2.00 bits per heavy atom. The van der Waals surface area contributed by atoms with Gasteiger partial charge in [0.25, 0.3) is 0 Å². The van der Waals surface area contributed by atoms with Crippen molar-refractivity contribution < 1.29 is 0 Å². The molecule has 0 amide bonds. The van der Waals surface area contributed by atoms with Crippen molar-refractivity contribution in [1.29, 1.82) is 0 Å². The zero-order valence-electron chi connectivity index (χ0n) is 4.20. The summed E-state index contributed by atoms with van der Waals surface area (Å²) in [4.78, 5) is 0. The lowest BCUT2D eigenvalue weighted by atomic mass is 10.00. The van der Waals surface area contributed by atoms with Crippen LogP contribution < -0.4 is 0 Å². The maximum Gasteiger partial charge on any atom is 0.106 e. The van der Waals surface area contributed by atoms with Gasteiger partial charge >= 0.3 is 0 Å². The Bertz CT molecular complexity index is 83.9. The first-order valence-electron chi connectivity index (χ1n) is 2.83. The molecule has 2 saturated carbocycles. The Hall–Kier alpha value is 0.0649. The van der Waals surface area contributed by atoms with Crippen molar-refractivity contribution in [2.24, 2.45) is 5.41 Å². The fourth-order valence-corrected chi connectivity index (χ4v) is 1.41. The maximum atomic E-state index is 2.37. The van der Waals surface area contributed by atoms with Gasteiger partial charge in [0.1, 0.15) is 7.85 Å². The van der Waals surface area contributed by atoms with Gasteiger partial charge < -0.3 is 0 Å². The Morgan fingerprint density at radius 1 is 1.50 bits per heavy atom. The van der Waals surface area contributed by atoms with Gasteiger partial charge in [0.05, 0.1) is 0 Å². The van der Waals surface area contributed by atoms with E-state index in [1.54, 1.807) is 19.3 Å². The molecular weight excluding hydrogens is 70.9 g/mol. The molecular formula is C5H9B. The zero-order valence-corrected chi connectivity index (χ0v) is 4.20. The predicted octanol–water partition coefficient (Wildman–Crippen LogP) is 0.592. The molecule has 1 heteroatoms. The SMILES string of the molecule is BC1CC12CC2. The van der Waals surface area contributed by atoms with Gasteiger partial charge in [-0.2, -0.15) is 0 Å². The number of hydrogen-bond donors (Lipinski definition) is 0. The Labute approximate surface area is 39.3 Å². The fourth-order valence-electron chi connectivity index (χ4n) is 1.41. The molecule has 0 aliphatic heterocycles. The van der Waals surface area contributed by atoms with E-state index < -0.39 is 0 Å². The van der Waals surface area contributed by atoms with Gasteiger partial charge in [-0.25, -0.2) is 0 Å². The average molecular weight is 79.9 g/mol. The molecule has 1 unspecified atom stereocenters. The molecule has 0 heterocycles. The molecule has 2 fully saturated rings. The topological polar surface area (TPSA) is 0 Å². The third kappa shape index (κ3) is 0.193. The lowest BCUT2D eigenvalue weighted by Gasteiger charge is -1.71. The number of hydrogen-bond acceptors (Lipinski definition) is 0. The second kappa shape index (κ2) is 0.575. The van der Waals surface area contributed by atoms with Gasteiger partial charge in [-0.05, 0) is 18.3 Å². The van der Waals surface area contributed by atoms with Crippen molar-refractivity contribution in [3.8, 4) is 0 Å². The quantitative estimate of drug-likeness (QED) is 0.373. The minimum atomic E-state index is 0.958. The molecule has 0 radical (unpaired) electrons. The highest BCUT2D eigenvalue weighted by Crippen LogP contribution is 2.73. The summed E-state index contributed by atoms with van der Waals surface area (Å²) in [6, 6.07) is 0. The van der Waals surface area contributed by atoms with Crippen molar-refractivity contribution in [2.75, 3.05) is 0 Å². The van der Waals surface area contributed by atoms with E-state index in [0.717, 1.165) is 11.2 Å². The monoisotopic (exact) mass is 80.1 g/mol. The van der Waals surface area contributed by atoms with E-state index in [2.05, 4.69) is 7.85 Å². The van der Waals surface area contributed by atoms with Gasteiger partial charge in [0.15, 0.2) is 0 Å². The van der Waals surface area contributed by atoms with Crippen LogP contribution in [0, 0.1) is 5.41 Å². The van der Waals surface area contributed by atoms with Gasteiger partial charge in [-0.15, -0.1) is 0 Å². The van der Waals surface area contributed by atoms with Gasteiger partial charge in [0.2, 0.25) is 0 Å². The van der Waals surface area contributed by atoms with Crippen LogP contribution in [-0.2, 0) is 0 Å². The first kappa shape index (κ1) is 3.12. The van der Waals surface area contributed by atoms with Crippen LogP contribution in [0.25, 0.3) is 0 Å². The summed E-state index contributed by atoms with van der Waals surface area (Å²) in [6.45, 7) is 0. The van der Waals surface area contributed by atoms with Gasteiger partial charge in [0, 0.05) is 0 Å². The maximum absolute atomic E-state index is 2.37. The Balaban J connectivity index is 2.17. The highest BCUT2D eigenvalue weighted by molar-refractivity contribution is 6.14. The molecule has 2 aliphatic rings. The van der Waals surface area contributed by atoms with E-state index in [0.29, 0.717) is 0 Å². The van der Waals surface area contributed by atoms with Crippen molar-refractivity contribution in [2.45, 2.75) is 25.1 Å². The average Bonchev–Trinajstić information content (AvgIpc) is 2.25. The molecule has 0 aromatic carbocycles. The minimum Gasteiger partial charge on any atom is -0.0637 e. The lowest BCUT2D eigenvalue weighted by Crippen LogP contribution is -1.65. The molecule has 0 aromatic rings.